The van der Waals surface area contributed by atoms with Crippen LogP contribution < -0.4 is 0 Å². The van der Waals surface area contributed by atoms with Gasteiger partial charge in [-0.3, -0.25) is 9.59 Å². The Hall–Kier alpha value is -2.46. The summed E-state index contributed by atoms with van der Waals surface area (Å²) in [5.74, 6) is -0.0141. The Labute approximate surface area is 178 Å². The number of ketones is 1. The second kappa shape index (κ2) is 9.13. The number of Topliss-reactive ketones (excluding diaryl/α,β-unsaturated/α-hetero) is 1. The Kier molecular flexibility index (Phi) is 6.33. The molecule has 1 aliphatic heterocycles. The molecule has 0 bridgehead atoms. The molecule has 2 unspecified atom stereocenters. The van der Waals surface area contributed by atoms with Crippen molar-refractivity contribution >= 4 is 11.7 Å². The van der Waals surface area contributed by atoms with Gasteiger partial charge in [-0.15, -0.1) is 0 Å². The van der Waals surface area contributed by atoms with Gasteiger partial charge in [0.1, 0.15) is 5.78 Å². The lowest BCUT2D eigenvalue weighted by Gasteiger charge is -2.39. The number of likely N-dealkylation sites (tertiary alicyclic amines) is 1. The van der Waals surface area contributed by atoms with Crippen molar-refractivity contribution in [1.82, 2.24) is 4.90 Å². The summed E-state index contributed by atoms with van der Waals surface area (Å²) < 4.78 is 0. The van der Waals surface area contributed by atoms with E-state index in [1.807, 2.05) is 53.4 Å². The molecule has 4 nitrogen and oxygen atoms in total. The summed E-state index contributed by atoms with van der Waals surface area (Å²) in [7, 11) is 0. The summed E-state index contributed by atoms with van der Waals surface area (Å²) in [4.78, 5) is 27.3. The summed E-state index contributed by atoms with van der Waals surface area (Å²) in [5, 5.41) is 11.0. The molecule has 0 radical (unpaired) electrons. The van der Waals surface area contributed by atoms with Crippen molar-refractivity contribution in [3.05, 3.63) is 71.8 Å². The van der Waals surface area contributed by atoms with Crippen LogP contribution in [0.2, 0.25) is 0 Å². The summed E-state index contributed by atoms with van der Waals surface area (Å²) in [6.07, 6.45) is 4.71. The molecule has 1 N–H and O–H groups in total. The second-order valence-electron chi connectivity index (χ2n) is 8.96. The summed E-state index contributed by atoms with van der Waals surface area (Å²) in [6.45, 7) is 1.15. The number of amides is 1. The van der Waals surface area contributed by atoms with Gasteiger partial charge < -0.3 is 10.0 Å². The minimum absolute atomic E-state index is 0.0158. The van der Waals surface area contributed by atoms with Crippen molar-refractivity contribution in [2.45, 2.75) is 56.5 Å². The molecule has 0 aromatic heterocycles. The standard InChI is InChI=1S/C26H31NO3/c28-22-18-23(21-11-5-2-6-12-21)24(19-22)25(29)27-16-14-26(30,15-17-27)13-7-10-20-8-3-1-4-9-20/h1-6,8-9,11-12,23-24,30H,7,10,13-19H2. The van der Waals surface area contributed by atoms with Gasteiger partial charge in [0.25, 0.3) is 0 Å². The molecule has 2 fully saturated rings. The fraction of sp³-hybridized carbons (Fsp3) is 0.462. The maximum atomic E-state index is 13.2. The lowest BCUT2D eigenvalue weighted by molar-refractivity contribution is -0.141. The van der Waals surface area contributed by atoms with Crippen LogP contribution in [-0.4, -0.2) is 40.4 Å². The van der Waals surface area contributed by atoms with Crippen LogP contribution in [-0.2, 0) is 16.0 Å². The number of carbonyl (C=O) groups excluding carboxylic acids is 2. The van der Waals surface area contributed by atoms with Crippen LogP contribution in [0, 0.1) is 5.92 Å². The molecule has 1 heterocycles. The van der Waals surface area contributed by atoms with E-state index in [9.17, 15) is 14.7 Å². The Morgan fingerprint density at radius 1 is 0.967 bits per heavy atom. The predicted molar refractivity (Wildman–Crippen MR) is 117 cm³/mol. The van der Waals surface area contributed by atoms with E-state index in [0.29, 0.717) is 38.8 Å². The van der Waals surface area contributed by atoms with Crippen LogP contribution in [0.25, 0.3) is 0 Å². The number of hydrogen-bond donors (Lipinski definition) is 1. The zero-order chi connectivity index (χ0) is 21.0. The average Bonchev–Trinajstić information content (AvgIpc) is 3.17. The van der Waals surface area contributed by atoms with E-state index in [-0.39, 0.29) is 23.5 Å². The largest absolute Gasteiger partial charge is 0.390 e. The summed E-state index contributed by atoms with van der Waals surface area (Å²) in [5.41, 5.74) is 1.69. The lowest BCUT2D eigenvalue weighted by Crippen LogP contribution is -2.48. The highest BCUT2D eigenvalue weighted by atomic mass is 16.3. The van der Waals surface area contributed by atoms with Crippen molar-refractivity contribution in [1.29, 1.82) is 0 Å². The topological polar surface area (TPSA) is 57.6 Å². The van der Waals surface area contributed by atoms with E-state index in [0.717, 1.165) is 24.8 Å². The highest BCUT2D eigenvalue weighted by molar-refractivity contribution is 5.92. The number of benzene rings is 2. The number of hydrogen-bond acceptors (Lipinski definition) is 3. The van der Waals surface area contributed by atoms with Crippen molar-refractivity contribution in [3.63, 3.8) is 0 Å². The number of aryl methyl sites for hydroxylation is 1. The Morgan fingerprint density at radius 3 is 2.27 bits per heavy atom. The van der Waals surface area contributed by atoms with Crippen molar-refractivity contribution in [2.75, 3.05) is 13.1 Å². The van der Waals surface area contributed by atoms with Crippen LogP contribution in [0.15, 0.2) is 60.7 Å². The van der Waals surface area contributed by atoms with E-state index in [2.05, 4.69) is 12.1 Å². The molecule has 1 saturated carbocycles. The van der Waals surface area contributed by atoms with E-state index in [4.69, 9.17) is 0 Å². The molecule has 2 aromatic rings. The zero-order valence-corrected chi connectivity index (χ0v) is 17.5. The molecule has 30 heavy (non-hydrogen) atoms. The number of piperidine rings is 1. The second-order valence-corrected chi connectivity index (χ2v) is 8.96. The summed E-state index contributed by atoms with van der Waals surface area (Å²) >= 11 is 0. The predicted octanol–water partition coefficient (Wildman–Crippen LogP) is 4.13. The van der Waals surface area contributed by atoms with Gasteiger partial charge in [-0.1, -0.05) is 60.7 Å². The molecule has 2 aliphatic rings. The number of nitrogens with zero attached hydrogens (tertiary/aromatic N) is 1. The van der Waals surface area contributed by atoms with Gasteiger partial charge in [0, 0.05) is 31.8 Å². The quantitative estimate of drug-likeness (QED) is 0.786. The molecular weight excluding hydrogens is 374 g/mol. The fourth-order valence-electron chi connectivity index (χ4n) is 5.06. The van der Waals surface area contributed by atoms with Crippen LogP contribution in [0.1, 0.15) is 55.6 Å². The third kappa shape index (κ3) is 4.81. The minimum Gasteiger partial charge on any atom is -0.390 e. The van der Waals surface area contributed by atoms with E-state index >= 15 is 0 Å². The first kappa shape index (κ1) is 20.8. The number of rotatable bonds is 6. The highest BCUT2D eigenvalue weighted by Crippen LogP contribution is 2.39. The first-order valence-electron chi connectivity index (χ1n) is 11.2. The fourth-order valence-corrected chi connectivity index (χ4v) is 5.06. The molecule has 1 saturated heterocycles. The Bertz CT molecular complexity index is 856. The Morgan fingerprint density at radius 2 is 1.60 bits per heavy atom. The van der Waals surface area contributed by atoms with Gasteiger partial charge in [-0.25, -0.2) is 0 Å². The molecular formula is C26H31NO3. The van der Waals surface area contributed by atoms with Gasteiger partial charge in [0.15, 0.2) is 0 Å². The summed E-state index contributed by atoms with van der Waals surface area (Å²) in [6, 6.07) is 20.3. The minimum atomic E-state index is -0.685. The van der Waals surface area contributed by atoms with Crippen LogP contribution >= 0.6 is 0 Å². The van der Waals surface area contributed by atoms with Gasteiger partial charge in [0.05, 0.1) is 11.5 Å². The molecule has 2 aromatic carbocycles. The lowest BCUT2D eigenvalue weighted by atomic mass is 9.84. The highest BCUT2D eigenvalue weighted by Gasteiger charge is 2.42. The third-order valence-electron chi connectivity index (χ3n) is 6.88. The average molecular weight is 406 g/mol. The molecule has 1 aliphatic carbocycles. The van der Waals surface area contributed by atoms with E-state index in [1.54, 1.807) is 0 Å². The van der Waals surface area contributed by atoms with Crippen molar-refractivity contribution in [2.24, 2.45) is 5.92 Å². The smallest absolute Gasteiger partial charge is 0.226 e. The first-order chi connectivity index (χ1) is 14.5. The van der Waals surface area contributed by atoms with Crippen LogP contribution in [0.4, 0.5) is 0 Å². The van der Waals surface area contributed by atoms with Gasteiger partial charge in [-0.2, -0.15) is 0 Å². The number of aliphatic hydroxyl groups is 1. The van der Waals surface area contributed by atoms with Crippen LogP contribution in [0.5, 0.6) is 0 Å². The molecule has 1 amide bonds. The third-order valence-corrected chi connectivity index (χ3v) is 6.88. The molecule has 4 heteroatoms. The zero-order valence-electron chi connectivity index (χ0n) is 17.5. The normalized spacial score (nSPS) is 23.5. The van der Waals surface area contributed by atoms with Crippen molar-refractivity contribution in [3.8, 4) is 0 Å². The number of carbonyl (C=O) groups is 2. The monoisotopic (exact) mass is 405 g/mol. The van der Waals surface area contributed by atoms with Gasteiger partial charge in [-0.05, 0) is 43.2 Å². The molecule has 0 spiro atoms. The maximum Gasteiger partial charge on any atom is 0.226 e. The van der Waals surface area contributed by atoms with Crippen LogP contribution in [0.3, 0.4) is 0 Å². The van der Waals surface area contributed by atoms with E-state index in [1.165, 1.54) is 5.56 Å². The molecule has 2 atom stereocenters. The molecule has 158 valence electrons. The molecule has 4 rings (SSSR count). The van der Waals surface area contributed by atoms with Crippen molar-refractivity contribution < 1.29 is 14.7 Å². The van der Waals surface area contributed by atoms with E-state index < -0.39 is 5.60 Å². The van der Waals surface area contributed by atoms with Gasteiger partial charge >= 0.3 is 0 Å². The Balaban J connectivity index is 1.31. The first-order valence-corrected chi connectivity index (χ1v) is 11.2. The maximum absolute atomic E-state index is 13.2. The van der Waals surface area contributed by atoms with Gasteiger partial charge in [0.2, 0.25) is 5.91 Å². The SMILES string of the molecule is O=C1CC(C(=O)N2CCC(O)(CCCc3ccccc3)CC2)C(c2ccccc2)C1.